The van der Waals surface area contributed by atoms with E-state index in [0.717, 1.165) is 21.4 Å². The number of Topliss-reactive ketones (excluding diaryl/α,β-unsaturated/α-hetero) is 2. The number of nitrogens with one attached hydrogen (secondary N) is 1. The number of carbonyl (C=O) groups is 2. The van der Waals surface area contributed by atoms with Crippen molar-refractivity contribution >= 4 is 27.5 Å². The van der Waals surface area contributed by atoms with Crippen LogP contribution in [0.2, 0.25) is 0 Å². The average Bonchev–Trinajstić information content (AvgIpc) is 2.37. The first-order valence-corrected chi connectivity index (χ1v) is 7.58. The normalized spacial score (nSPS) is 16.0. The zero-order chi connectivity index (χ0) is 15.7. The lowest BCUT2D eigenvalue weighted by Crippen LogP contribution is -2.29. The van der Waals surface area contributed by atoms with Gasteiger partial charge in [-0.3, -0.25) is 9.59 Å². The van der Waals surface area contributed by atoms with Crippen molar-refractivity contribution < 1.29 is 9.59 Å². The molecule has 0 bridgehead atoms. The van der Waals surface area contributed by atoms with Gasteiger partial charge in [-0.25, -0.2) is 0 Å². The van der Waals surface area contributed by atoms with E-state index in [0.29, 0.717) is 11.1 Å². The number of carbonyl (C=O) groups excluding carboxylic acids is 2. The number of halogens is 1. The number of hydrogen-bond donors (Lipinski definition) is 1. The van der Waals surface area contributed by atoms with Gasteiger partial charge < -0.3 is 5.32 Å². The Morgan fingerprint density at radius 3 is 1.76 bits per heavy atom. The minimum atomic E-state index is -0.297. The molecule has 1 aromatic carbocycles. The summed E-state index contributed by atoms with van der Waals surface area (Å²) in [4.78, 5) is 24.2. The maximum absolute atomic E-state index is 12.1. The van der Waals surface area contributed by atoms with Crippen LogP contribution in [0.4, 0.5) is 0 Å². The van der Waals surface area contributed by atoms with Gasteiger partial charge in [-0.15, -0.1) is 0 Å². The van der Waals surface area contributed by atoms with Crippen LogP contribution in [0.5, 0.6) is 0 Å². The predicted octanol–water partition coefficient (Wildman–Crippen LogP) is 3.86. The molecule has 1 N–H and O–H groups in total. The minimum Gasteiger partial charge on any atom is -0.362 e. The van der Waals surface area contributed by atoms with Crippen molar-refractivity contribution in [1.82, 2.24) is 5.32 Å². The summed E-state index contributed by atoms with van der Waals surface area (Å²) < 4.78 is 0.968. The lowest BCUT2D eigenvalue weighted by atomic mass is 9.78. The molecule has 21 heavy (non-hydrogen) atoms. The van der Waals surface area contributed by atoms with E-state index < -0.39 is 0 Å². The van der Waals surface area contributed by atoms with Gasteiger partial charge in [-0.05, 0) is 45.4 Å². The average molecular weight is 348 g/mol. The standard InChI is InChI=1S/C17H18BrNO2/c1-9-15(11(3)20)17(13-5-7-14(18)8-6-13)16(12(4)21)10(2)19-9/h5-8,17,19H,1-4H3. The summed E-state index contributed by atoms with van der Waals surface area (Å²) in [7, 11) is 0. The Labute approximate surface area is 133 Å². The van der Waals surface area contributed by atoms with Gasteiger partial charge in [0.2, 0.25) is 0 Å². The highest BCUT2D eigenvalue weighted by atomic mass is 79.9. The Kier molecular flexibility index (Phi) is 4.47. The topological polar surface area (TPSA) is 46.2 Å². The summed E-state index contributed by atoms with van der Waals surface area (Å²) in [6, 6.07) is 7.76. The molecule has 0 aliphatic carbocycles. The highest BCUT2D eigenvalue weighted by Crippen LogP contribution is 2.38. The molecule has 1 aromatic rings. The molecule has 2 rings (SSSR count). The molecule has 4 heteroatoms. The third kappa shape index (κ3) is 3.00. The Morgan fingerprint density at radius 2 is 1.38 bits per heavy atom. The van der Waals surface area contributed by atoms with E-state index in [4.69, 9.17) is 0 Å². The van der Waals surface area contributed by atoms with Crippen LogP contribution in [0, 0.1) is 0 Å². The molecule has 1 aliphatic rings. The monoisotopic (exact) mass is 347 g/mol. The molecule has 0 saturated carbocycles. The van der Waals surface area contributed by atoms with Gasteiger partial charge >= 0.3 is 0 Å². The van der Waals surface area contributed by atoms with Gasteiger partial charge in [0.25, 0.3) is 0 Å². The molecular weight excluding hydrogens is 330 g/mol. The molecular formula is C17H18BrNO2. The maximum Gasteiger partial charge on any atom is 0.158 e. The van der Waals surface area contributed by atoms with Crippen molar-refractivity contribution in [3.05, 3.63) is 56.8 Å². The molecule has 3 nitrogen and oxygen atoms in total. The Hall–Kier alpha value is -1.68. The quantitative estimate of drug-likeness (QED) is 0.902. The van der Waals surface area contributed by atoms with Crippen LogP contribution in [0.1, 0.15) is 39.2 Å². The van der Waals surface area contributed by atoms with E-state index in [2.05, 4.69) is 21.2 Å². The van der Waals surface area contributed by atoms with Crippen molar-refractivity contribution in [1.29, 1.82) is 0 Å². The van der Waals surface area contributed by atoms with Crippen LogP contribution >= 0.6 is 15.9 Å². The van der Waals surface area contributed by atoms with Crippen LogP contribution in [-0.2, 0) is 9.59 Å². The van der Waals surface area contributed by atoms with Gasteiger partial charge in [-0.1, -0.05) is 28.1 Å². The first kappa shape index (κ1) is 15.7. The van der Waals surface area contributed by atoms with Crippen LogP contribution in [-0.4, -0.2) is 11.6 Å². The van der Waals surface area contributed by atoms with Crippen molar-refractivity contribution in [2.75, 3.05) is 0 Å². The van der Waals surface area contributed by atoms with Crippen molar-refractivity contribution in [2.24, 2.45) is 0 Å². The van der Waals surface area contributed by atoms with Crippen molar-refractivity contribution in [2.45, 2.75) is 33.6 Å². The van der Waals surface area contributed by atoms with E-state index >= 15 is 0 Å². The zero-order valence-corrected chi connectivity index (χ0v) is 14.2. The van der Waals surface area contributed by atoms with Crippen LogP contribution in [0.3, 0.4) is 0 Å². The van der Waals surface area contributed by atoms with Crippen molar-refractivity contribution in [3.8, 4) is 0 Å². The summed E-state index contributed by atoms with van der Waals surface area (Å²) in [5.41, 5.74) is 3.91. The van der Waals surface area contributed by atoms with Gasteiger partial charge in [-0.2, -0.15) is 0 Å². The van der Waals surface area contributed by atoms with Crippen LogP contribution < -0.4 is 5.32 Å². The van der Waals surface area contributed by atoms with Crippen molar-refractivity contribution in [3.63, 3.8) is 0 Å². The summed E-state index contributed by atoms with van der Waals surface area (Å²) in [5, 5.41) is 3.16. The molecule has 0 unspecified atom stereocenters. The van der Waals surface area contributed by atoms with Crippen LogP contribution in [0.15, 0.2) is 51.3 Å². The summed E-state index contributed by atoms with van der Waals surface area (Å²) in [6.45, 7) is 6.85. The van der Waals surface area contributed by atoms with E-state index in [9.17, 15) is 9.59 Å². The molecule has 0 aromatic heterocycles. The van der Waals surface area contributed by atoms with Gasteiger partial charge in [0.15, 0.2) is 11.6 Å². The molecule has 0 radical (unpaired) electrons. The summed E-state index contributed by atoms with van der Waals surface area (Å²) >= 11 is 3.41. The zero-order valence-electron chi connectivity index (χ0n) is 12.6. The Balaban J connectivity index is 2.67. The second-order valence-electron chi connectivity index (χ2n) is 5.30. The van der Waals surface area contributed by atoms with E-state index in [1.165, 1.54) is 0 Å². The first-order valence-electron chi connectivity index (χ1n) is 6.78. The Bertz CT molecular complexity index is 633. The van der Waals surface area contributed by atoms with E-state index in [1.54, 1.807) is 13.8 Å². The predicted molar refractivity (Wildman–Crippen MR) is 86.8 cm³/mol. The number of allylic oxidation sites excluding steroid dienone is 4. The highest BCUT2D eigenvalue weighted by Gasteiger charge is 2.33. The second kappa shape index (κ2) is 5.98. The molecule has 0 saturated heterocycles. The minimum absolute atomic E-state index is 0.0147. The lowest BCUT2D eigenvalue weighted by Gasteiger charge is -2.30. The molecule has 1 aliphatic heterocycles. The van der Waals surface area contributed by atoms with Gasteiger partial charge in [0, 0.05) is 32.9 Å². The van der Waals surface area contributed by atoms with Gasteiger partial charge in [0.05, 0.1) is 0 Å². The fourth-order valence-corrected chi connectivity index (χ4v) is 3.18. The number of ketones is 2. The summed E-state index contributed by atoms with van der Waals surface area (Å²) in [5.74, 6) is -0.326. The fourth-order valence-electron chi connectivity index (χ4n) is 2.92. The third-order valence-corrected chi connectivity index (χ3v) is 4.25. The van der Waals surface area contributed by atoms with Gasteiger partial charge in [0.1, 0.15) is 0 Å². The van der Waals surface area contributed by atoms with Crippen LogP contribution in [0.25, 0.3) is 0 Å². The Morgan fingerprint density at radius 1 is 0.952 bits per heavy atom. The van der Waals surface area contributed by atoms with E-state index in [1.807, 2.05) is 38.1 Å². The molecule has 0 amide bonds. The molecule has 0 spiro atoms. The third-order valence-electron chi connectivity index (χ3n) is 3.72. The number of rotatable bonds is 3. The van der Waals surface area contributed by atoms with E-state index in [-0.39, 0.29) is 17.5 Å². The fraction of sp³-hybridized carbons (Fsp3) is 0.294. The smallest absolute Gasteiger partial charge is 0.158 e. The maximum atomic E-state index is 12.1. The lowest BCUT2D eigenvalue weighted by molar-refractivity contribution is -0.114. The largest absolute Gasteiger partial charge is 0.362 e. The molecule has 1 heterocycles. The SMILES string of the molecule is CC(=O)C1=C(C)NC(C)=C(C(C)=O)C1c1ccc(Br)cc1. The summed E-state index contributed by atoms with van der Waals surface area (Å²) in [6.07, 6.45) is 0. The highest BCUT2D eigenvalue weighted by molar-refractivity contribution is 9.10. The molecule has 110 valence electrons. The molecule has 0 fully saturated rings. The molecule has 0 atom stereocenters. The number of benzene rings is 1. The first-order chi connectivity index (χ1) is 9.82. The second-order valence-corrected chi connectivity index (χ2v) is 6.21. The number of hydrogen-bond acceptors (Lipinski definition) is 3. The number of dihydropyridines is 1.